The van der Waals surface area contributed by atoms with Crippen molar-refractivity contribution in [3.05, 3.63) is 29.8 Å². The molecular weight excluding hydrogens is 230 g/mol. The molecule has 0 aliphatic heterocycles. The van der Waals surface area contributed by atoms with Gasteiger partial charge in [-0.3, -0.25) is 4.79 Å². The monoisotopic (exact) mass is 253 g/mol. The molecule has 18 heavy (non-hydrogen) atoms. The molecule has 1 rings (SSSR count). The molecule has 0 saturated heterocycles. The number of hydrogen-bond donors (Lipinski definition) is 3. The van der Waals surface area contributed by atoms with Crippen LogP contribution in [0.2, 0.25) is 0 Å². The highest BCUT2D eigenvalue weighted by atomic mass is 16.3. The van der Waals surface area contributed by atoms with Crippen molar-refractivity contribution in [3.63, 3.8) is 0 Å². The van der Waals surface area contributed by atoms with Crippen molar-refractivity contribution in [2.75, 3.05) is 41.3 Å². The van der Waals surface area contributed by atoms with E-state index in [9.17, 15) is 9.90 Å². The Kier molecular flexibility index (Phi) is 8.61. The summed E-state index contributed by atoms with van der Waals surface area (Å²) in [5.74, 6) is -0.163. The Morgan fingerprint density at radius 2 is 1.67 bits per heavy atom. The zero-order chi connectivity index (χ0) is 14.0. The number of para-hydroxylation sites is 1. The Labute approximate surface area is 109 Å². The Morgan fingerprint density at radius 1 is 1.17 bits per heavy atom. The van der Waals surface area contributed by atoms with Crippen molar-refractivity contribution >= 4 is 5.91 Å². The van der Waals surface area contributed by atoms with Gasteiger partial charge >= 0.3 is 0 Å². The maximum atomic E-state index is 11.3. The largest absolute Gasteiger partial charge is 0.507 e. The summed E-state index contributed by atoms with van der Waals surface area (Å²) in [4.78, 5) is 12.8. The number of phenolic OH excluding ortho intramolecular Hbond substituents is 1. The van der Waals surface area contributed by atoms with E-state index in [2.05, 4.69) is 10.6 Å². The number of nitrogens with one attached hydrogen (secondary N) is 2. The van der Waals surface area contributed by atoms with Crippen molar-refractivity contribution in [2.24, 2.45) is 0 Å². The average Bonchev–Trinajstić information content (AvgIpc) is 2.36. The summed E-state index contributed by atoms with van der Waals surface area (Å²) in [6.45, 7) is 2.10. The Balaban J connectivity index is 0.000000411. The molecule has 0 atom stereocenters. The molecule has 0 fully saturated rings. The number of carbonyl (C=O) groups excluding carboxylic acids is 1. The molecule has 0 heterocycles. The third-order valence-electron chi connectivity index (χ3n) is 2.17. The normalized spacial score (nSPS) is 9.33. The molecule has 5 nitrogen and oxygen atoms in total. The fourth-order valence-electron chi connectivity index (χ4n) is 1.15. The summed E-state index contributed by atoms with van der Waals surface area (Å²) >= 11 is 0. The van der Waals surface area contributed by atoms with E-state index in [0.717, 1.165) is 13.1 Å². The van der Waals surface area contributed by atoms with Gasteiger partial charge in [0, 0.05) is 27.2 Å². The van der Waals surface area contributed by atoms with Crippen molar-refractivity contribution in [1.29, 1.82) is 0 Å². The molecule has 102 valence electrons. The fourth-order valence-corrected chi connectivity index (χ4v) is 1.15. The SMILES string of the molecule is CN(C)C(=O)c1ccccc1O.CNCCNC. The van der Waals surface area contributed by atoms with Crippen LogP contribution >= 0.6 is 0 Å². The van der Waals surface area contributed by atoms with Crippen LogP contribution in [0.1, 0.15) is 10.4 Å². The Morgan fingerprint density at radius 3 is 2.06 bits per heavy atom. The highest BCUT2D eigenvalue weighted by molar-refractivity contribution is 5.96. The number of amides is 1. The van der Waals surface area contributed by atoms with Crippen molar-refractivity contribution < 1.29 is 9.90 Å². The predicted octanol–water partition coefficient (Wildman–Crippen LogP) is 0.519. The van der Waals surface area contributed by atoms with E-state index in [1.165, 1.54) is 11.0 Å². The minimum atomic E-state index is -0.187. The van der Waals surface area contributed by atoms with Crippen LogP contribution in [0.4, 0.5) is 0 Å². The third kappa shape index (κ3) is 6.22. The van der Waals surface area contributed by atoms with Gasteiger partial charge in [0.15, 0.2) is 0 Å². The number of carbonyl (C=O) groups is 1. The van der Waals surface area contributed by atoms with Gasteiger partial charge in [0.1, 0.15) is 5.75 Å². The van der Waals surface area contributed by atoms with Crippen LogP contribution in [0.25, 0.3) is 0 Å². The van der Waals surface area contributed by atoms with Crippen LogP contribution in [-0.2, 0) is 0 Å². The van der Waals surface area contributed by atoms with Gasteiger partial charge in [-0.25, -0.2) is 0 Å². The molecule has 0 bridgehead atoms. The number of likely N-dealkylation sites (N-methyl/N-ethyl adjacent to an activating group) is 2. The molecule has 1 amide bonds. The zero-order valence-electron chi connectivity index (χ0n) is 11.5. The first-order valence-corrected chi connectivity index (χ1v) is 5.83. The summed E-state index contributed by atoms with van der Waals surface area (Å²) in [5.41, 5.74) is 0.336. The van der Waals surface area contributed by atoms with Gasteiger partial charge in [-0.2, -0.15) is 0 Å². The molecule has 1 aromatic carbocycles. The molecule has 0 saturated carbocycles. The smallest absolute Gasteiger partial charge is 0.257 e. The van der Waals surface area contributed by atoms with E-state index in [-0.39, 0.29) is 11.7 Å². The van der Waals surface area contributed by atoms with Gasteiger partial charge in [0.2, 0.25) is 0 Å². The second-order valence-electron chi connectivity index (χ2n) is 3.92. The highest BCUT2D eigenvalue weighted by Crippen LogP contribution is 2.16. The Hall–Kier alpha value is -1.59. The molecule has 0 radical (unpaired) electrons. The summed E-state index contributed by atoms with van der Waals surface area (Å²) in [7, 11) is 7.18. The molecular formula is C13H23N3O2. The molecule has 0 spiro atoms. The van der Waals surface area contributed by atoms with Crippen LogP contribution < -0.4 is 10.6 Å². The number of aromatic hydroxyl groups is 1. The maximum absolute atomic E-state index is 11.3. The summed E-state index contributed by atoms with van der Waals surface area (Å²) in [5, 5.41) is 15.3. The second kappa shape index (κ2) is 9.44. The van der Waals surface area contributed by atoms with Crippen molar-refractivity contribution in [1.82, 2.24) is 15.5 Å². The van der Waals surface area contributed by atoms with Gasteiger partial charge < -0.3 is 20.6 Å². The second-order valence-corrected chi connectivity index (χ2v) is 3.92. The average molecular weight is 253 g/mol. The van der Waals surface area contributed by atoms with Crippen LogP contribution in [0.15, 0.2) is 24.3 Å². The van der Waals surface area contributed by atoms with Crippen LogP contribution in [0.3, 0.4) is 0 Å². The van der Waals surface area contributed by atoms with Crippen LogP contribution in [0, 0.1) is 0 Å². The molecule has 0 aromatic heterocycles. The quantitative estimate of drug-likeness (QED) is 0.685. The van der Waals surface area contributed by atoms with Crippen molar-refractivity contribution in [3.8, 4) is 5.75 Å². The fraction of sp³-hybridized carbons (Fsp3) is 0.462. The van der Waals surface area contributed by atoms with Crippen LogP contribution in [0.5, 0.6) is 5.75 Å². The topological polar surface area (TPSA) is 64.6 Å². The lowest BCUT2D eigenvalue weighted by Crippen LogP contribution is -2.21. The summed E-state index contributed by atoms with van der Waals surface area (Å²) in [6.07, 6.45) is 0. The standard InChI is InChI=1S/C9H11NO2.C4H12N2/c1-10(2)9(12)7-5-3-4-6-8(7)11;1-5-3-4-6-2/h3-6,11H,1-2H3;5-6H,3-4H2,1-2H3. The van der Waals surface area contributed by atoms with Gasteiger partial charge in [0.25, 0.3) is 5.91 Å². The van der Waals surface area contributed by atoms with E-state index in [4.69, 9.17) is 0 Å². The maximum Gasteiger partial charge on any atom is 0.257 e. The minimum absolute atomic E-state index is 0.0243. The molecule has 0 aliphatic carbocycles. The molecule has 1 aromatic rings. The number of phenols is 1. The van der Waals surface area contributed by atoms with Gasteiger partial charge in [-0.1, -0.05) is 12.1 Å². The molecule has 3 N–H and O–H groups in total. The first kappa shape index (κ1) is 16.4. The van der Waals surface area contributed by atoms with E-state index in [1.807, 2.05) is 14.1 Å². The van der Waals surface area contributed by atoms with Crippen LogP contribution in [-0.4, -0.2) is 57.2 Å². The lowest BCUT2D eigenvalue weighted by Gasteiger charge is -2.10. The minimum Gasteiger partial charge on any atom is -0.507 e. The van der Waals surface area contributed by atoms with Crippen molar-refractivity contribution in [2.45, 2.75) is 0 Å². The molecule has 0 unspecified atom stereocenters. The number of nitrogens with zero attached hydrogens (tertiary/aromatic N) is 1. The molecule has 0 aliphatic rings. The number of benzene rings is 1. The third-order valence-corrected chi connectivity index (χ3v) is 2.17. The highest BCUT2D eigenvalue weighted by Gasteiger charge is 2.10. The Bertz CT molecular complexity index is 350. The van der Waals surface area contributed by atoms with E-state index >= 15 is 0 Å². The van der Waals surface area contributed by atoms with E-state index in [0.29, 0.717) is 5.56 Å². The number of rotatable bonds is 4. The van der Waals surface area contributed by atoms with Gasteiger partial charge in [-0.15, -0.1) is 0 Å². The first-order valence-electron chi connectivity index (χ1n) is 5.83. The number of hydrogen-bond acceptors (Lipinski definition) is 4. The zero-order valence-corrected chi connectivity index (χ0v) is 11.5. The summed E-state index contributed by atoms with van der Waals surface area (Å²) < 4.78 is 0. The van der Waals surface area contributed by atoms with E-state index in [1.54, 1.807) is 32.3 Å². The first-order chi connectivity index (χ1) is 8.54. The lowest BCUT2D eigenvalue weighted by molar-refractivity contribution is 0.0824. The van der Waals surface area contributed by atoms with E-state index < -0.39 is 0 Å². The lowest BCUT2D eigenvalue weighted by atomic mass is 10.2. The molecule has 5 heteroatoms. The summed E-state index contributed by atoms with van der Waals surface area (Å²) in [6, 6.07) is 6.49. The van der Waals surface area contributed by atoms with Gasteiger partial charge in [0.05, 0.1) is 5.56 Å². The predicted molar refractivity (Wildman–Crippen MR) is 74.0 cm³/mol. The van der Waals surface area contributed by atoms with Gasteiger partial charge in [-0.05, 0) is 26.2 Å².